The molecule has 0 unspecified atom stereocenters. The lowest BCUT2D eigenvalue weighted by atomic mass is 10.0. The zero-order valence-electron chi connectivity index (χ0n) is 10.6. The first-order valence-electron chi connectivity index (χ1n) is 6.10. The first-order valence-corrected chi connectivity index (χ1v) is 6.10. The van der Waals surface area contributed by atoms with Gasteiger partial charge < -0.3 is 0 Å². The van der Waals surface area contributed by atoms with Crippen LogP contribution in [-0.2, 0) is 6.42 Å². The number of ketones is 1. The first kappa shape index (κ1) is 13.4. The minimum absolute atomic E-state index is 0.0348. The van der Waals surface area contributed by atoms with Crippen LogP contribution in [0, 0.1) is 18.6 Å². The van der Waals surface area contributed by atoms with Gasteiger partial charge in [-0.1, -0.05) is 12.1 Å². The summed E-state index contributed by atoms with van der Waals surface area (Å²) in [5.74, 6) is -0.633. The molecule has 0 atom stereocenters. The van der Waals surface area contributed by atoms with Crippen LogP contribution < -0.4 is 0 Å². The van der Waals surface area contributed by atoms with Crippen molar-refractivity contribution in [3.05, 3.63) is 70.8 Å². The molecular formula is C16H14F2O. The molecule has 0 fully saturated rings. The lowest BCUT2D eigenvalue weighted by Crippen LogP contribution is -2.02. The topological polar surface area (TPSA) is 17.1 Å². The van der Waals surface area contributed by atoms with Crippen LogP contribution in [0.25, 0.3) is 0 Å². The zero-order valence-corrected chi connectivity index (χ0v) is 10.6. The number of Topliss-reactive ketones (excluding diaryl/α,β-unsaturated/α-hetero) is 1. The fourth-order valence-electron chi connectivity index (χ4n) is 1.87. The molecule has 0 aliphatic heterocycles. The Hall–Kier alpha value is -2.03. The van der Waals surface area contributed by atoms with Gasteiger partial charge in [-0.25, -0.2) is 8.78 Å². The summed E-state index contributed by atoms with van der Waals surface area (Å²) in [5.41, 5.74) is 1.89. The average Bonchev–Trinajstić information content (AvgIpc) is 2.41. The van der Waals surface area contributed by atoms with Crippen molar-refractivity contribution in [1.82, 2.24) is 0 Å². The lowest BCUT2D eigenvalue weighted by Gasteiger charge is -2.04. The number of hydrogen-bond acceptors (Lipinski definition) is 1. The Bertz CT molecular complexity index is 588. The maximum absolute atomic E-state index is 13.1. The standard InChI is InChI=1S/C16H14F2O/c1-11-10-13(5-8-15(11)18)16(19)9-4-12-2-6-14(17)7-3-12/h2-3,5-8,10H,4,9H2,1H3. The number of rotatable bonds is 4. The van der Waals surface area contributed by atoms with Crippen LogP contribution in [0.1, 0.15) is 27.9 Å². The van der Waals surface area contributed by atoms with E-state index in [1.807, 2.05) is 0 Å². The molecule has 0 radical (unpaired) electrons. The van der Waals surface area contributed by atoms with E-state index in [2.05, 4.69) is 0 Å². The quantitative estimate of drug-likeness (QED) is 0.757. The molecule has 0 spiro atoms. The number of halogens is 2. The largest absolute Gasteiger partial charge is 0.294 e. The fraction of sp³-hybridized carbons (Fsp3) is 0.188. The minimum Gasteiger partial charge on any atom is -0.294 e. The summed E-state index contributed by atoms with van der Waals surface area (Å²) in [7, 11) is 0. The number of hydrogen-bond donors (Lipinski definition) is 0. The number of carbonyl (C=O) groups is 1. The second-order valence-corrected chi connectivity index (χ2v) is 4.51. The molecule has 0 amide bonds. The van der Waals surface area contributed by atoms with Crippen molar-refractivity contribution >= 4 is 5.78 Å². The highest BCUT2D eigenvalue weighted by Crippen LogP contribution is 2.13. The molecule has 19 heavy (non-hydrogen) atoms. The molecule has 3 heteroatoms. The van der Waals surface area contributed by atoms with Crippen LogP contribution in [0.2, 0.25) is 0 Å². The Morgan fingerprint density at radius 2 is 1.74 bits per heavy atom. The summed E-state index contributed by atoms with van der Waals surface area (Å²) < 4.78 is 25.8. The maximum atomic E-state index is 13.1. The average molecular weight is 260 g/mol. The van der Waals surface area contributed by atoms with Gasteiger partial charge in [0.1, 0.15) is 11.6 Å². The zero-order chi connectivity index (χ0) is 13.8. The van der Waals surface area contributed by atoms with E-state index in [0.717, 1.165) is 5.56 Å². The van der Waals surface area contributed by atoms with E-state index in [-0.39, 0.29) is 17.4 Å². The molecule has 0 aliphatic rings. The number of carbonyl (C=O) groups excluding carboxylic acids is 1. The third kappa shape index (κ3) is 3.47. The van der Waals surface area contributed by atoms with Crippen molar-refractivity contribution in [2.45, 2.75) is 19.8 Å². The van der Waals surface area contributed by atoms with E-state index >= 15 is 0 Å². The molecule has 0 saturated carbocycles. The second-order valence-electron chi connectivity index (χ2n) is 4.51. The summed E-state index contributed by atoms with van der Waals surface area (Å²) in [6, 6.07) is 10.4. The Kier molecular flexibility index (Phi) is 4.05. The lowest BCUT2D eigenvalue weighted by molar-refractivity contribution is 0.0982. The maximum Gasteiger partial charge on any atom is 0.163 e. The number of aryl methyl sites for hydroxylation is 2. The van der Waals surface area contributed by atoms with Crippen molar-refractivity contribution in [2.75, 3.05) is 0 Å². The Balaban J connectivity index is 2.01. The summed E-state index contributed by atoms with van der Waals surface area (Å²) in [5, 5.41) is 0. The summed E-state index contributed by atoms with van der Waals surface area (Å²) in [4.78, 5) is 12.0. The molecule has 0 aromatic heterocycles. The van der Waals surface area contributed by atoms with E-state index in [0.29, 0.717) is 24.0 Å². The van der Waals surface area contributed by atoms with Crippen LogP contribution in [0.5, 0.6) is 0 Å². The molecule has 0 N–H and O–H groups in total. The van der Waals surface area contributed by atoms with Gasteiger partial charge in [-0.2, -0.15) is 0 Å². The molecule has 1 nitrogen and oxygen atoms in total. The van der Waals surface area contributed by atoms with Crippen LogP contribution in [-0.4, -0.2) is 5.78 Å². The Morgan fingerprint density at radius 1 is 1.05 bits per heavy atom. The third-order valence-corrected chi connectivity index (χ3v) is 3.03. The van der Waals surface area contributed by atoms with Gasteiger partial charge in [0.25, 0.3) is 0 Å². The molecule has 2 rings (SSSR count). The number of benzene rings is 2. The smallest absolute Gasteiger partial charge is 0.163 e. The summed E-state index contributed by atoms with van der Waals surface area (Å²) in [6.07, 6.45) is 0.881. The molecule has 98 valence electrons. The van der Waals surface area contributed by atoms with E-state index in [1.165, 1.54) is 24.3 Å². The van der Waals surface area contributed by atoms with Crippen LogP contribution in [0.4, 0.5) is 8.78 Å². The van der Waals surface area contributed by atoms with Crippen molar-refractivity contribution in [1.29, 1.82) is 0 Å². The van der Waals surface area contributed by atoms with Gasteiger partial charge in [-0.3, -0.25) is 4.79 Å². The predicted octanol–water partition coefficient (Wildman–Crippen LogP) is 4.09. The first-order chi connectivity index (χ1) is 9.06. The minimum atomic E-state index is -0.310. The van der Waals surface area contributed by atoms with Gasteiger partial charge in [0.2, 0.25) is 0 Å². The molecule has 0 aliphatic carbocycles. The van der Waals surface area contributed by atoms with Crippen LogP contribution >= 0.6 is 0 Å². The highest BCUT2D eigenvalue weighted by Gasteiger charge is 2.08. The van der Waals surface area contributed by atoms with Gasteiger partial charge >= 0.3 is 0 Å². The highest BCUT2D eigenvalue weighted by molar-refractivity contribution is 5.96. The Morgan fingerprint density at radius 3 is 2.37 bits per heavy atom. The predicted molar refractivity (Wildman–Crippen MR) is 70.2 cm³/mol. The van der Waals surface area contributed by atoms with Crippen molar-refractivity contribution < 1.29 is 13.6 Å². The van der Waals surface area contributed by atoms with Crippen molar-refractivity contribution in [3.8, 4) is 0 Å². The van der Waals surface area contributed by atoms with Gasteiger partial charge in [-0.15, -0.1) is 0 Å². The molecule has 0 heterocycles. The molecule has 2 aromatic carbocycles. The van der Waals surface area contributed by atoms with Crippen molar-refractivity contribution in [3.63, 3.8) is 0 Å². The third-order valence-electron chi connectivity index (χ3n) is 3.03. The van der Waals surface area contributed by atoms with Gasteiger partial charge in [-0.05, 0) is 54.8 Å². The van der Waals surface area contributed by atoms with Crippen molar-refractivity contribution in [2.24, 2.45) is 0 Å². The van der Waals surface area contributed by atoms with Gasteiger partial charge in [0, 0.05) is 12.0 Å². The molecule has 0 saturated heterocycles. The normalized spacial score (nSPS) is 10.5. The highest BCUT2D eigenvalue weighted by atomic mass is 19.1. The van der Waals surface area contributed by atoms with E-state index in [9.17, 15) is 13.6 Å². The summed E-state index contributed by atoms with van der Waals surface area (Å²) >= 11 is 0. The van der Waals surface area contributed by atoms with E-state index in [4.69, 9.17) is 0 Å². The van der Waals surface area contributed by atoms with E-state index in [1.54, 1.807) is 25.1 Å². The molecule has 0 bridgehead atoms. The summed E-state index contributed by atoms with van der Waals surface area (Å²) in [6.45, 7) is 1.63. The van der Waals surface area contributed by atoms with Gasteiger partial charge in [0.05, 0.1) is 0 Å². The van der Waals surface area contributed by atoms with Crippen LogP contribution in [0.3, 0.4) is 0 Å². The van der Waals surface area contributed by atoms with Crippen LogP contribution in [0.15, 0.2) is 42.5 Å². The Labute approximate surface area is 110 Å². The van der Waals surface area contributed by atoms with E-state index < -0.39 is 0 Å². The molecule has 2 aromatic rings. The SMILES string of the molecule is Cc1cc(C(=O)CCc2ccc(F)cc2)ccc1F. The molecular weight excluding hydrogens is 246 g/mol. The monoisotopic (exact) mass is 260 g/mol. The second kappa shape index (κ2) is 5.74. The fourth-order valence-corrected chi connectivity index (χ4v) is 1.87. The van der Waals surface area contributed by atoms with Gasteiger partial charge in [0.15, 0.2) is 5.78 Å².